The van der Waals surface area contributed by atoms with Gasteiger partial charge in [-0.1, -0.05) is 43.0 Å². The molecule has 0 aromatic heterocycles. The second kappa shape index (κ2) is 7.46. The van der Waals surface area contributed by atoms with Crippen molar-refractivity contribution >= 4 is 6.09 Å². The van der Waals surface area contributed by atoms with Crippen molar-refractivity contribution in [1.29, 1.82) is 0 Å². The van der Waals surface area contributed by atoms with E-state index in [2.05, 4.69) is 11.9 Å². The number of aliphatic hydroxyl groups is 1. The first-order valence-corrected chi connectivity index (χ1v) is 5.45. The van der Waals surface area contributed by atoms with Crippen LogP contribution in [0.2, 0.25) is 0 Å². The van der Waals surface area contributed by atoms with Gasteiger partial charge in [0.05, 0.1) is 12.6 Å². The number of ether oxygens (including phenoxy) is 1. The standard InChI is InChI=1S/C13H17NO3/c1-2-8-17-13(16)14-12(10-15)9-11-6-4-3-5-7-11/h2-7,12,15H,1,8-10H2,(H,14,16)/t12-/m1/s1. The molecule has 0 radical (unpaired) electrons. The Morgan fingerprint density at radius 3 is 2.76 bits per heavy atom. The molecule has 4 heteroatoms. The van der Waals surface area contributed by atoms with Crippen LogP contribution >= 0.6 is 0 Å². The molecule has 0 heterocycles. The van der Waals surface area contributed by atoms with Gasteiger partial charge in [-0.15, -0.1) is 0 Å². The van der Waals surface area contributed by atoms with Crippen LogP contribution in [-0.2, 0) is 11.2 Å². The van der Waals surface area contributed by atoms with Gasteiger partial charge >= 0.3 is 6.09 Å². The van der Waals surface area contributed by atoms with Crippen molar-refractivity contribution in [3.63, 3.8) is 0 Å². The second-order valence-corrected chi connectivity index (χ2v) is 3.60. The van der Waals surface area contributed by atoms with Crippen molar-refractivity contribution in [1.82, 2.24) is 5.32 Å². The normalized spacial score (nSPS) is 11.6. The van der Waals surface area contributed by atoms with Crippen molar-refractivity contribution in [3.05, 3.63) is 48.6 Å². The lowest BCUT2D eigenvalue weighted by Crippen LogP contribution is -2.39. The lowest BCUT2D eigenvalue weighted by Gasteiger charge is -2.15. The Hall–Kier alpha value is -1.81. The van der Waals surface area contributed by atoms with Gasteiger partial charge in [0.1, 0.15) is 6.61 Å². The fourth-order valence-electron chi connectivity index (χ4n) is 1.40. The molecule has 0 saturated carbocycles. The quantitative estimate of drug-likeness (QED) is 0.735. The number of rotatable bonds is 6. The van der Waals surface area contributed by atoms with Gasteiger partial charge in [0.15, 0.2) is 0 Å². The summed E-state index contributed by atoms with van der Waals surface area (Å²) in [5.74, 6) is 0. The largest absolute Gasteiger partial charge is 0.445 e. The zero-order chi connectivity index (χ0) is 12.5. The highest BCUT2D eigenvalue weighted by Crippen LogP contribution is 2.03. The second-order valence-electron chi connectivity index (χ2n) is 3.60. The van der Waals surface area contributed by atoms with Crippen LogP contribution in [0.3, 0.4) is 0 Å². The SMILES string of the molecule is C=CCOC(=O)N[C@@H](CO)Cc1ccccc1. The maximum Gasteiger partial charge on any atom is 0.407 e. The molecule has 1 amide bonds. The number of nitrogens with one attached hydrogen (secondary N) is 1. The number of carbonyl (C=O) groups excluding carboxylic acids is 1. The topological polar surface area (TPSA) is 58.6 Å². The van der Waals surface area contributed by atoms with E-state index in [1.807, 2.05) is 30.3 Å². The molecule has 0 saturated heterocycles. The molecule has 0 aliphatic rings. The van der Waals surface area contributed by atoms with Crippen LogP contribution in [0, 0.1) is 0 Å². The Kier molecular flexibility index (Phi) is 5.82. The molecule has 1 atom stereocenters. The van der Waals surface area contributed by atoms with Gasteiger partial charge in [0.25, 0.3) is 0 Å². The average Bonchev–Trinajstić information content (AvgIpc) is 2.36. The molecule has 2 N–H and O–H groups in total. The Bertz CT molecular complexity index is 351. The molecule has 0 bridgehead atoms. The zero-order valence-corrected chi connectivity index (χ0v) is 9.63. The molecule has 4 nitrogen and oxygen atoms in total. The molecule has 1 aromatic carbocycles. The highest BCUT2D eigenvalue weighted by atomic mass is 16.5. The molecule has 1 rings (SSSR count). The molecule has 0 spiro atoms. The minimum atomic E-state index is -0.542. The molecule has 0 unspecified atom stereocenters. The third kappa shape index (κ3) is 5.17. The molecule has 1 aromatic rings. The van der Waals surface area contributed by atoms with Crippen molar-refractivity contribution in [2.24, 2.45) is 0 Å². The summed E-state index contributed by atoms with van der Waals surface area (Å²) in [4.78, 5) is 11.3. The van der Waals surface area contributed by atoms with Gasteiger partial charge in [-0.3, -0.25) is 0 Å². The van der Waals surface area contributed by atoms with Crippen LogP contribution in [0.5, 0.6) is 0 Å². The molecule has 0 aliphatic heterocycles. The first kappa shape index (κ1) is 13.3. The highest BCUT2D eigenvalue weighted by Gasteiger charge is 2.12. The molecular formula is C13H17NO3. The van der Waals surface area contributed by atoms with Crippen LogP contribution in [0.4, 0.5) is 4.79 Å². The van der Waals surface area contributed by atoms with Crippen LogP contribution in [0.25, 0.3) is 0 Å². The summed E-state index contributed by atoms with van der Waals surface area (Å²) in [6.45, 7) is 3.48. The van der Waals surface area contributed by atoms with E-state index < -0.39 is 6.09 Å². The van der Waals surface area contributed by atoms with E-state index in [4.69, 9.17) is 4.74 Å². The molecule has 92 valence electrons. The maximum absolute atomic E-state index is 11.3. The number of alkyl carbamates (subject to hydrolysis) is 1. The minimum absolute atomic E-state index is 0.127. The van der Waals surface area contributed by atoms with Crippen LogP contribution in [0.1, 0.15) is 5.56 Å². The van der Waals surface area contributed by atoms with E-state index >= 15 is 0 Å². The maximum atomic E-state index is 11.3. The fraction of sp³-hybridized carbons (Fsp3) is 0.308. The van der Waals surface area contributed by atoms with Crippen molar-refractivity contribution in [2.75, 3.05) is 13.2 Å². The third-order valence-electron chi connectivity index (χ3n) is 2.20. The first-order chi connectivity index (χ1) is 8.26. The number of hydrogen-bond acceptors (Lipinski definition) is 3. The van der Waals surface area contributed by atoms with E-state index in [9.17, 15) is 9.90 Å². The zero-order valence-electron chi connectivity index (χ0n) is 9.63. The van der Waals surface area contributed by atoms with Crippen molar-refractivity contribution in [2.45, 2.75) is 12.5 Å². The average molecular weight is 235 g/mol. The Labute approximate surface area is 101 Å². The predicted octanol–water partition coefficient (Wildman–Crippen LogP) is 1.50. The molecule has 17 heavy (non-hydrogen) atoms. The summed E-state index contributed by atoms with van der Waals surface area (Å²) in [6.07, 6.45) is 1.52. The van der Waals surface area contributed by atoms with Crippen molar-refractivity contribution < 1.29 is 14.6 Å². The summed E-state index contributed by atoms with van der Waals surface area (Å²) in [5.41, 5.74) is 1.05. The monoisotopic (exact) mass is 235 g/mol. The predicted molar refractivity (Wildman–Crippen MR) is 65.7 cm³/mol. The summed E-state index contributed by atoms with van der Waals surface area (Å²) < 4.78 is 4.78. The van der Waals surface area contributed by atoms with Crippen LogP contribution in [-0.4, -0.2) is 30.5 Å². The van der Waals surface area contributed by atoms with E-state index in [0.29, 0.717) is 6.42 Å². The van der Waals surface area contributed by atoms with Crippen molar-refractivity contribution in [3.8, 4) is 0 Å². The summed E-state index contributed by atoms with van der Waals surface area (Å²) >= 11 is 0. The number of carbonyl (C=O) groups is 1. The first-order valence-electron chi connectivity index (χ1n) is 5.45. The molecular weight excluding hydrogens is 218 g/mol. The number of benzene rings is 1. The lowest BCUT2D eigenvalue weighted by atomic mass is 10.1. The third-order valence-corrected chi connectivity index (χ3v) is 2.20. The van der Waals surface area contributed by atoms with Gasteiger partial charge in [-0.2, -0.15) is 0 Å². The van der Waals surface area contributed by atoms with E-state index in [1.54, 1.807) is 0 Å². The molecule has 0 aliphatic carbocycles. The lowest BCUT2D eigenvalue weighted by molar-refractivity contribution is 0.146. The number of aliphatic hydroxyl groups excluding tert-OH is 1. The minimum Gasteiger partial charge on any atom is -0.445 e. The van der Waals surface area contributed by atoms with Gasteiger partial charge in [0, 0.05) is 0 Å². The fourth-order valence-corrected chi connectivity index (χ4v) is 1.40. The number of hydrogen-bond donors (Lipinski definition) is 2. The van der Waals surface area contributed by atoms with Crippen LogP contribution < -0.4 is 5.32 Å². The van der Waals surface area contributed by atoms with Crippen LogP contribution in [0.15, 0.2) is 43.0 Å². The highest BCUT2D eigenvalue weighted by molar-refractivity contribution is 5.67. The Morgan fingerprint density at radius 1 is 1.47 bits per heavy atom. The van der Waals surface area contributed by atoms with Gasteiger partial charge < -0.3 is 15.2 Å². The molecule has 0 fully saturated rings. The Balaban J connectivity index is 2.43. The van der Waals surface area contributed by atoms with E-state index in [-0.39, 0.29) is 19.3 Å². The van der Waals surface area contributed by atoms with E-state index in [0.717, 1.165) is 5.56 Å². The van der Waals surface area contributed by atoms with E-state index in [1.165, 1.54) is 6.08 Å². The van der Waals surface area contributed by atoms with Gasteiger partial charge in [0.2, 0.25) is 0 Å². The summed E-state index contributed by atoms with van der Waals surface area (Å²) in [6, 6.07) is 9.30. The number of amides is 1. The summed E-state index contributed by atoms with van der Waals surface area (Å²) in [5, 5.41) is 11.8. The van der Waals surface area contributed by atoms with Gasteiger partial charge in [-0.25, -0.2) is 4.79 Å². The summed E-state index contributed by atoms with van der Waals surface area (Å²) in [7, 11) is 0. The Morgan fingerprint density at radius 2 is 2.18 bits per heavy atom. The van der Waals surface area contributed by atoms with Gasteiger partial charge in [-0.05, 0) is 12.0 Å². The smallest absolute Gasteiger partial charge is 0.407 e.